The van der Waals surface area contributed by atoms with Crippen LogP contribution in [0.3, 0.4) is 0 Å². The first kappa shape index (κ1) is 12.7. The van der Waals surface area contributed by atoms with E-state index in [1.54, 1.807) is 26.0 Å². The van der Waals surface area contributed by atoms with Crippen LogP contribution in [0.25, 0.3) is 0 Å². The van der Waals surface area contributed by atoms with Gasteiger partial charge in [0.2, 0.25) is 0 Å². The summed E-state index contributed by atoms with van der Waals surface area (Å²) in [4.78, 5) is 11.3. The van der Waals surface area contributed by atoms with E-state index in [4.69, 9.17) is 9.47 Å². The zero-order valence-electron chi connectivity index (χ0n) is 9.57. The van der Waals surface area contributed by atoms with Gasteiger partial charge >= 0.3 is 0 Å². The molecule has 0 atom stereocenters. The summed E-state index contributed by atoms with van der Waals surface area (Å²) in [7, 11) is 3.21. The van der Waals surface area contributed by atoms with Gasteiger partial charge in [-0.3, -0.25) is 0 Å². The molecule has 5 heteroatoms. The number of ether oxygens (including phenoxy) is 2. The number of hydrogen-bond donors (Lipinski definition) is 1. The van der Waals surface area contributed by atoms with Gasteiger partial charge in [0.25, 0.3) is 0 Å². The highest BCUT2D eigenvalue weighted by atomic mass is 32.2. The molecule has 0 aromatic heterocycles. The Morgan fingerprint density at radius 2 is 2.00 bits per heavy atom. The van der Waals surface area contributed by atoms with E-state index in [1.807, 2.05) is 18.4 Å². The van der Waals surface area contributed by atoms with E-state index in [1.165, 1.54) is 0 Å². The summed E-state index contributed by atoms with van der Waals surface area (Å²) in [6, 6.07) is 3.71. The van der Waals surface area contributed by atoms with Crippen LogP contribution >= 0.6 is 11.8 Å². The van der Waals surface area contributed by atoms with Crippen molar-refractivity contribution >= 4 is 23.7 Å². The molecule has 88 valence electrons. The number of aldehydes is 1. The number of nitrogens with one attached hydrogen (secondary N) is 1. The van der Waals surface area contributed by atoms with Crippen LogP contribution in [0.2, 0.25) is 0 Å². The lowest BCUT2D eigenvalue weighted by molar-refractivity contribution is -0.106. The van der Waals surface area contributed by atoms with Gasteiger partial charge in [0.1, 0.15) is 17.8 Å². The summed E-state index contributed by atoms with van der Waals surface area (Å²) >= 11 is 1.58. The summed E-state index contributed by atoms with van der Waals surface area (Å²) in [6.07, 6.45) is 2.77. The van der Waals surface area contributed by atoms with Crippen molar-refractivity contribution in [2.45, 2.75) is 4.90 Å². The highest BCUT2D eigenvalue weighted by molar-refractivity contribution is 7.98. The third-order valence-electron chi connectivity index (χ3n) is 2.08. The van der Waals surface area contributed by atoms with Crippen molar-refractivity contribution in [2.75, 3.05) is 32.3 Å². The zero-order valence-corrected chi connectivity index (χ0v) is 10.4. The summed E-state index contributed by atoms with van der Waals surface area (Å²) in [6.45, 7) is 0.248. The van der Waals surface area contributed by atoms with E-state index >= 15 is 0 Å². The number of methoxy groups -OCH3 is 2. The van der Waals surface area contributed by atoms with Gasteiger partial charge in [-0.1, -0.05) is 0 Å². The van der Waals surface area contributed by atoms with Crippen LogP contribution in [0.5, 0.6) is 11.5 Å². The lowest BCUT2D eigenvalue weighted by Gasteiger charge is -2.13. The standard InChI is InChI=1S/C11H15NO3S/c1-14-9-7-11(16-3)10(15-2)6-8(9)12-4-5-13/h5-7,12H,4H2,1-3H3. The Balaban J connectivity index is 3.09. The highest BCUT2D eigenvalue weighted by Crippen LogP contribution is 2.37. The van der Waals surface area contributed by atoms with Crippen molar-refractivity contribution in [1.82, 2.24) is 0 Å². The van der Waals surface area contributed by atoms with Crippen molar-refractivity contribution in [3.63, 3.8) is 0 Å². The molecule has 0 saturated carbocycles. The van der Waals surface area contributed by atoms with Crippen LogP contribution < -0.4 is 14.8 Å². The van der Waals surface area contributed by atoms with Gasteiger partial charge in [0.15, 0.2) is 0 Å². The van der Waals surface area contributed by atoms with Gasteiger partial charge in [-0.15, -0.1) is 11.8 Å². The lowest BCUT2D eigenvalue weighted by atomic mass is 10.2. The van der Waals surface area contributed by atoms with Crippen LogP contribution in [-0.2, 0) is 4.79 Å². The molecule has 0 spiro atoms. The maximum Gasteiger partial charge on any atom is 0.143 e. The van der Waals surface area contributed by atoms with Gasteiger partial charge in [0.05, 0.1) is 31.3 Å². The molecular formula is C11H15NO3S. The molecule has 4 nitrogen and oxygen atoms in total. The first-order chi connectivity index (χ1) is 7.76. The smallest absolute Gasteiger partial charge is 0.143 e. The van der Waals surface area contributed by atoms with Gasteiger partial charge in [0, 0.05) is 6.07 Å². The lowest BCUT2D eigenvalue weighted by Crippen LogP contribution is -2.04. The van der Waals surface area contributed by atoms with E-state index in [-0.39, 0.29) is 6.54 Å². The fourth-order valence-electron chi connectivity index (χ4n) is 1.32. The number of hydrogen-bond acceptors (Lipinski definition) is 5. The van der Waals surface area contributed by atoms with Crippen molar-refractivity contribution in [3.8, 4) is 11.5 Å². The summed E-state index contributed by atoms with van der Waals surface area (Å²) < 4.78 is 10.5. The minimum atomic E-state index is 0.248. The average molecular weight is 241 g/mol. The molecule has 1 N–H and O–H groups in total. The Morgan fingerprint density at radius 1 is 1.31 bits per heavy atom. The summed E-state index contributed by atoms with van der Waals surface area (Å²) in [5, 5.41) is 2.96. The molecule has 0 radical (unpaired) electrons. The fourth-order valence-corrected chi connectivity index (χ4v) is 1.89. The normalized spacial score (nSPS) is 9.69. The van der Waals surface area contributed by atoms with Crippen molar-refractivity contribution in [2.24, 2.45) is 0 Å². The van der Waals surface area contributed by atoms with Crippen molar-refractivity contribution < 1.29 is 14.3 Å². The predicted octanol–water partition coefficient (Wildman–Crippen LogP) is 2.04. The van der Waals surface area contributed by atoms with E-state index in [0.717, 1.165) is 22.6 Å². The molecule has 0 aliphatic rings. The number of rotatable bonds is 6. The molecule has 0 unspecified atom stereocenters. The molecule has 0 aliphatic carbocycles. The maximum absolute atomic E-state index is 10.3. The van der Waals surface area contributed by atoms with E-state index in [2.05, 4.69) is 5.32 Å². The van der Waals surface area contributed by atoms with Crippen LogP contribution in [0.1, 0.15) is 0 Å². The molecule has 1 aromatic carbocycles. The van der Waals surface area contributed by atoms with Crippen molar-refractivity contribution in [1.29, 1.82) is 0 Å². The largest absolute Gasteiger partial charge is 0.496 e. The third-order valence-corrected chi connectivity index (χ3v) is 2.84. The maximum atomic E-state index is 10.3. The highest BCUT2D eigenvalue weighted by Gasteiger charge is 2.09. The number of anilines is 1. The predicted molar refractivity (Wildman–Crippen MR) is 65.9 cm³/mol. The Morgan fingerprint density at radius 3 is 2.50 bits per heavy atom. The number of carbonyl (C=O) groups is 1. The summed E-state index contributed by atoms with van der Waals surface area (Å²) in [5.41, 5.74) is 0.754. The topological polar surface area (TPSA) is 47.6 Å². The van der Waals surface area contributed by atoms with Gasteiger partial charge in [-0.05, 0) is 12.3 Å². The molecule has 16 heavy (non-hydrogen) atoms. The molecule has 1 rings (SSSR count). The third kappa shape index (κ3) is 2.82. The molecule has 0 bridgehead atoms. The van der Waals surface area contributed by atoms with Gasteiger partial charge < -0.3 is 19.6 Å². The van der Waals surface area contributed by atoms with Gasteiger partial charge in [-0.25, -0.2) is 0 Å². The Bertz CT molecular complexity index is 368. The second-order valence-electron chi connectivity index (χ2n) is 2.96. The Kier molecular flexibility index (Phi) is 4.98. The van der Waals surface area contributed by atoms with Crippen molar-refractivity contribution in [3.05, 3.63) is 12.1 Å². The average Bonchev–Trinajstić information content (AvgIpc) is 2.35. The molecule has 0 heterocycles. The van der Waals surface area contributed by atoms with E-state index < -0.39 is 0 Å². The van der Waals surface area contributed by atoms with Crippen LogP contribution in [0.15, 0.2) is 17.0 Å². The number of carbonyl (C=O) groups excluding carboxylic acids is 1. The molecular weight excluding hydrogens is 226 g/mol. The van der Waals surface area contributed by atoms with E-state index in [0.29, 0.717) is 5.75 Å². The van der Waals surface area contributed by atoms with Crippen LogP contribution in [0.4, 0.5) is 5.69 Å². The minimum absolute atomic E-state index is 0.248. The first-order valence-electron chi connectivity index (χ1n) is 4.74. The number of thioether (sulfide) groups is 1. The summed E-state index contributed by atoms with van der Waals surface area (Å²) in [5.74, 6) is 1.47. The number of benzene rings is 1. The van der Waals surface area contributed by atoms with Crippen LogP contribution in [-0.4, -0.2) is 33.3 Å². The molecule has 0 aliphatic heterocycles. The SMILES string of the molecule is COc1cc(SC)c(OC)cc1NCC=O. The van der Waals surface area contributed by atoms with Gasteiger partial charge in [-0.2, -0.15) is 0 Å². The zero-order chi connectivity index (χ0) is 12.0. The first-order valence-corrected chi connectivity index (χ1v) is 5.96. The minimum Gasteiger partial charge on any atom is -0.496 e. The molecule has 1 aromatic rings. The Hall–Kier alpha value is -1.36. The van der Waals surface area contributed by atoms with Crippen LogP contribution in [0, 0.1) is 0 Å². The monoisotopic (exact) mass is 241 g/mol. The molecule has 0 fully saturated rings. The quantitative estimate of drug-likeness (QED) is 0.610. The fraction of sp³-hybridized carbons (Fsp3) is 0.364. The second kappa shape index (κ2) is 6.27. The molecule has 0 amide bonds. The van der Waals surface area contributed by atoms with E-state index in [9.17, 15) is 4.79 Å². The Labute approximate surface area is 99.3 Å². The molecule has 0 saturated heterocycles. The second-order valence-corrected chi connectivity index (χ2v) is 3.80.